The molecule has 0 amide bonds. The molecule has 86 valence electrons. The summed E-state index contributed by atoms with van der Waals surface area (Å²) in [7, 11) is 0. The molecular formula is C9H9F3N4. The van der Waals surface area contributed by atoms with Gasteiger partial charge in [-0.3, -0.25) is 0 Å². The first kappa shape index (κ1) is 12.1. The third kappa shape index (κ3) is 3.65. The largest absolute Gasteiger partial charge is 0.396 e. The van der Waals surface area contributed by atoms with E-state index in [-0.39, 0.29) is 23.6 Å². The molecule has 7 heteroatoms. The van der Waals surface area contributed by atoms with Crippen molar-refractivity contribution in [2.24, 2.45) is 0 Å². The molecular weight excluding hydrogens is 221 g/mol. The van der Waals surface area contributed by atoms with Gasteiger partial charge in [0, 0.05) is 12.7 Å². The van der Waals surface area contributed by atoms with Crippen LogP contribution in [0.25, 0.3) is 0 Å². The molecule has 4 nitrogen and oxygen atoms in total. The second kappa shape index (κ2) is 4.70. The molecule has 0 fully saturated rings. The summed E-state index contributed by atoms with van der Waals surface area (Å²) in [6.07, 6.45) is -3.94. The Kier molecular flexibility index (Phi) is 3.55. The summed E-state index contributed by atoms with van der Waals surface area (Å²) in [6.45, 7) is -0.299. The van der Waals surface area contributed by atoms with Crippen LogP contribution in [0.1, 0.15) is 12.0 Å². The van der Waals surface area contributed by atoms with E-state index in [1.807, 2.05) is 6.07 Å². The maximum absolute atomic E-state index is 11.8. The summed E-state index contributed by atoms with van der Waals surface area (Å²) in [5, 5.41) is 11.0. The molecule has 1 aromatic rings. The van der Waals surface area contributed by atoms with E-state index in [9.17, 15) is 13.2 Å². The Balaban J connectivity index is 2.59. The lowest BCUT2D eigenvalue weighted by Crippen LogP contribution is -2.15. The van der Waals surface area contributed by atoms with Crippen LogP contribution in [0.2, 0.25) is 0 Å². The number of anilines is 2. The highest BCUT2D eigenvalue weighted by Crippen LogP contribution is 2.21. The van der Waals surface area contributed by atoms with Gasteiger partial charge in [0.2, 0.25) is 0 Å². The summed E-state index contributed by atoms with van der Waals surface area (Å²) in [5.41, 5.74) is 5.91. The van der Waals surface area contributed by atoms with Crippen molar-refractivity contribution >= 4 is 11.5 Å². The predicted molar refractivity (Wildman–Crippen MR) is 52.5 cm³/mol. The summed E-state index contributed by atoms with van der Waals surface area (Å²) in [4.78, 5) is 3.74. The topological polar surface area (TPSA) is 74.7 Å². The van der Waals surface area contributed by atoms with Gasteiger partial charge < -0.3 is 11.1 Å². The summed E-state index contributed by atoms with van der Waals surface area (Å²) >= 11 is 0. The van der Waals surface area contributed by atoms with Gasteiger partial charge in [0.25, 0.3) is 0 Å². The van der Waals surface area contributed by atoms with Gasteiger partial charge in [0.1, 0.15) is 11.9 Å². The molecule has 3 N–H and O–H groups in total. The molecule has 0 saturated heterocycles. The van der Waals surface area contributed by atoms with E-state index in [2.05, 4.69) is 10.3 Å². The number of pyridine rings is 1. The van der Waals surface area contributed by atoms with E-state index >= 15 is 0 Å². The van der Waals surface area contributed by atoms with Crippen molar-refractivity contribution in [1.82, 2.24) is 4.98 Å². The standard InChI is InChI=1S/C9H9F3N4/c10-9(11,12)1-2-15-8-7(14)3-6(4-13)5-16-8/h3,5H,1-2,14H2,(H,15,16). The number of alkyl halides is 3. The Labute approximate surface area is 89.9 Å². The van der Waals surface area contributed by atoms with E-state index in [0.717, 1.165) is 0 Å². The molecule has 0 saturated carbocycles. The molecule has 1 aromatic heterocycles. The zero-order valence-electron chi connectivity index (χ0n) is 8.17. The average molecular weight is 230 g/mol. The molecule has 0 radical (unpaired) electrons. The maximum Gasteiger partial charge on any atom is 0.390 e. The predicted octanol–water partition coefficient (Wildman–Crippen LogP) is 1.90. The minimum atomic E-state index is -4.21. The minimum Gasteiger partial charge on any atom is -0.396 e. The highest BCUT2D eigenvalue weighted by molar-refractivity contribution is 5.62. The van der Waals surface area contributed by atoms with Crippen LogP contribution in [0.5, 0.6) is 0 Å². The van der Waals surface area contributed by atoms with E-state index < -0.39 is 12.6 Å². The molecule has 0 aliphatic heterocycles. The maximum atomic E-state index is 11.8. The molecule has 1 heterocycles. The van der Waals surface area contributed by atoms with E-state index in [1.165, 1.54) is 12.3 Å². The number of nitrogens with zero attached hydrogens (tertiary/aromatic N) is 2. The Morgan fingerprint density at radius 2 is 2.19 bits per heavy atom. The van der Waals surface area contributed by atoms with E-state index in [1.54, 1.807) is 0 Å². The zero-order valence-corrected chi connectivity index (χ0v) is 8.17. The molecule has 0 atom stereocenters. The SMILES string of the molecule is N#Cc1cnc(NCCC(F)(F)F)c(N)c1. The van der Waals surface area contributed by atoms with Crippen LogP contribution in [0, 0.1) is 11.3 Å². The van der Waals surface area contributed by atoms with Crippen molar-refractivity contribution in [3.63, 3.8) is 0 Å². The number of nitrogens with one attached hydrogen (secondary N) is 1. The first-order valence-corrected chi connectivity index (χ1v) is 4.38. The van der Waals surface area contributed by atoms with Gasteiger partial charge in [-0.15, -0.1) is 0 Å². The van der Waals surface area contributed by atoms with E-state index in [4.69, 9.17) is 11.0 Å². The number of hydrogen-bond donors (Lipinski definition) is 2. The third-order valence-corrected chi connectivity index (χ3v) is 1.75. The smallest absolute Gasteiger partial charge is 0.390 e. The summed E-state index contributed by atoms with van der Waals surface area (Å²) in [6, 6.07) is 3.18. The molecule has 16 heavy (non-hydrogen) atoms. The summed E-state index contributed by atoms with van der Waals surface area (Å²) < 4.78 is 35.5. The number of rotatable bonds is 3. The lowest BCUT2D eigenvalue weighted by molar-refractivity contribution is -0.131. The lowest BCUT2D eigenvalue weighted by atomic mass is 10.3. The Morgan fingerprint density at radius 1 is 1.50 bits per heavy atom. The Morgan fingerprint density at radius 3 is 2.69 bits per heavy atom. The van der Waals surface area contributed by atoms with Crippen molar-refractivity contribution in [2.45, 2.75) is 12.6 Å². The number of nitrogen functional groups attached to an aromatic ring is 1. The zero-order chi connectivity index (χ0) is 12.2. The molecule has 0 bridgehead atoms. The quantitative estimate of drug-likeness (QED) is 0.831. The van der Waals surface area contributed by atoms with Crippen LogP contribution in [0.15, 0.2) is 12.3 Å². The first-order valence-electron chi connectivity index (χ1n) is 4.38. The Hall–Kier alpha value is -1.97. The van der Waals surface area contributed by atoms with Gasteiger partial charge in [-0.05, 0) is 6.07 Å². The highest BCUT2D eigenvalue weighted by atomic mass is 19.4. The lowest BCUT2D eigenvalue weighted by Gasteiger charge is -2.09. The van der Waals surface area contributed by atoms with Crippen LogP contribution in [-0.2, 0) is 0 Å². The molecule has 0 aromatic carbocycles. The minimum absolute atomic E-state index is 0.154. The molecule has 0 spiro atoms. The number of nitriles is 1. The first-order chi connectivity index (χ1) is 7.42. The van der Waals surface area contributed by atoms with Crippen LogP contribution < -0.4 is 11.1 Å². The fourth-order valence-electron chi connectivity index (χ4n) is 1.01. The van der Waals surface area contributed by atoms with Crippen molar-refractivity contribution in [3.8, 4) is 6.07 Å². The van der Waals surface area contributed by atoms with Gasteiger partial charge in [0.05, 0.1) is 17.7 Å². The van der Waals surface area contributed by atoms with Crippen molar-refractivity contribution in [3.05, 3.63) is 17.8 Å². The van der Waals surface area contributed by atoms with Gasteiger partial charge >= 0.3 is 6.18 Å². The number of halogens is 3. The van der Waals surface area contributed by atoms with Gasteiger partial charge in [-0.1, -0.05) is 0 Å². The van der Waals surface area contributed by atoms with Crippen LogP contribution >= 0.6 is 0 Å². The van der Waals surface area contributed by atoms with Gasteiger partial charge in [-0.25, -0.2) is 4.98 Å². The van der Waals surface area contributed by atoms with Gasteiger partial charge in [-0.2, -0.15) is 18.4 Å². The van der Waals surface area contributed by atoms with Crippen molar-refractivity contribution < 1.29 is 13.2 Å². The van der Waals surface area contributed by atoms with Crippen LogP contribution in [0.3, 0.4) is 0 Å². The molecule has 1 rings (SSSR count). The third-order valence-electron chi connectivity index (χ3n) is 1.75. The molecule has 0 aliphatic carbocycles. The molecule has 0 unspecified atom stereocenters. The second-order valence-electron chi connectivity index (χ2n) is 3.07. The Bertz CT molecular complexity index is 408. The van der Waals surface area contributed by atoms with Gasteiger partial charge in [0.15, 0.2) is 0 Å². The molecule has 0 aliphatic rings. The van der Waals surface area contributed by atoms with E-state index in [0.29, 0.717) is 0 Å². The number of aromatic nitrogens is 1. The average Bonchev–Trinajstić information content (AvgIpc) is 2.18. The fraction of sp³-hybridized carbons (Fsp3) is 0.333. The number of hydrogen-bond acceptors (Lipinski definition) is 4. The monoisotopic (exact) mass is 230 g/mol. The van der Waals surface area contributed by atoms with Crippen molar-refractivity contribution in [2.75, 3.05) is 17.6 Å². The van der Waals surface area contributed by atoms with Crippen LogP contribution in [-0.4, -0.2) is 17.7 Å². The normalized spacial score (nSPS) is 10.9. The van der Waals surface area contributed by atoms with Crippen LogP contribution in [0.4, 0.5) is 24.7 Å². The number of nitrogens with two attached hydrogens (primary N) is 1. The fourth-order valence-corrected chi connectivity index (χ4v) is 1.01. The highest BCUT2D eigenvalue weighted by Gasteiger charge is 2.26. The van der Waals surface area contributed by atoms with Crippen molar-refractivity contribution in [1.29, 1.82) is 5.26 Å². The summed E-state index contributed by atoms with van der Waals surface area (Å²) in [5.74, 6) is 0.156. The second-order valence-corrected chi connectivity index (χ2v) is 3.07.